The second kappa shape index (κ2) is 3.56. The molecule has 0 saturated heterocycles. The van der Waals surface area contributed by atoms with Crippen molar-refractivity contribution in [3.63, 3.8) is 0 Å². The van der Waals surface area contributed by atoms with Crippen molar-refractivity contribution in [2.75, 3.05) is 0 Å². The minimum absolute atomic E-state index is 0.0552. The number of hydrogen-bond acceptors (Lipinski definition) is 2. The molecule has 0 radical (unpaired) electrons. The number of aliphatic hydroxyl groups is 1. The Morgan fingerprint density at radius 1 is 1.57 bits per heavy atom. The molecule has 14 heavy (non-hydrogen) atoms. The topological polar surface area (TPSA) is 44.0 Å². The second-order valence-electron chi connectivity index (χ2n) is 3.24. The van der Waals surface area contributed by atoms with E-state index in [4.69, 9.17) is 16.9 Å². The SMILES string of the molecule is Cc1ccc(Cl)c(C(C)(O)C#N)c1F. The average Bonchev–Trinajstić information content (AvgIpc) is 2.12. The molecule has 1 rings (SSSR count). The molecule has 1 atom stereocenters. The summed E-state index contributed by atoms with van der Waals surface area (Å²) in [6, 6.07) is 4.55. The molecule has 0 spiro atoms. The quantitative estimate of drug-likeness (QED) is 0.729. The summed E-state index contributed by atoms with van der Waals surface area (Å²) in [6.45, 7) is 2.75. The standard InChI is InChI=1S/C10H9ClFNO/c1-6-3-4-7(11)8(9(6)12)10(2,14)5-13/h3-4,14H,1-2H3. The number of benzene rings is 1. The molecule has 1 N–H and O–H groups in total. The highest BCUT2D eigenvalue weighted by molar-refractivity contribution is 6.31. The largest absolute Gasteiger partial charge is 0.371 e. The van der Waals surface area contributed by atoms with Crippen molar-refractivity contribution in [2.24, 2.45) is 0 Å². The summed E-state index contributed by atoms with van der Waals surface area (Å²) in [4.78, 5) is 0. The van der Waals surface area contributed by atoms with E-state index in [1.54, 1.807) is 13.0 Å². The van der Waals surface area contributed by atoms with Crippen LogP contribution in [-0.4, -0.2) is 5.11 Å². The lowest BCUT2D eigenvalue weighted by atomic mass is 9.95. The fourth-order valence-electron chi connectivity index (χ4n) is 1.16. The molecule has 1 aromatic rings. The van der Waals surface area contributed by atoms with E-state index in [0.29, 0.717) is 5.56 Å². The van der Waals surface area contributed by atoms with Gasteiger partial charge in [0.2, 0.25) is 0 Å². The van der Waals surface area contributed by atoms with E-state index in [1.807, 2.05) is 0 Å². The van der Waals surface area contributed by atoms with Gasteiger partial charge in [0.05, 0.1) is 10.6 Å². The van der Waals surface area contributed by atoms with Gasteiger partial charge in [0, 0.05) is 0 Å². The van der Waals surface area contributed by atoms with Crippen molar-refractivity contribution < 1.29 is 9.50 Å². The molecule has 0 aliphatic carbocycles. The van der Waals surface area contributed by atoms with Gasteiger partial charge in [-0.15, -0.1) is 0 Å². The Morgan fingerprint density at radius 2 is 2.14 bits per heavy atom. The average molecular weight is 214 g/mol. The maximum atomic E-state index is 13.5. The Labute approximate surface area is 86.5 Å². The van der Waals surface area contributed by atoms with Crippen LogP contribution in [0, 0.1) is 24.1 Å². The summed E-state index contributed by atoms with van der Waals surface area (Å²) in [5.74, 6) is -0.635. The Morgan fingerprint density at radius 3 is 2.64 bits per heavy atom. The van der Waals surface area contributed by atoms with E-state index < -0.39 is 11.4 Å². The van der Waals surface area contributed by atoms with Crippen LogP contribution in [0.3, 0.4) is 0 Å². The van der Waals surface area contributed by atoms with Crippen LogP contribution in [0.5, 0.6) is 0 Å². The smallest absolute Gasteiger partial charge is 0.178 e. The van der Waals surface area contributed by atoms with Crippen molar-refractivity contribution in [1.29, 1.82) is 5.26 Å². The van der Waals surface area contributed by atoms with E-state index in [1.165, 1.54) is 19.1 Å². The third-order valence-electron chi connectivity index (χ3n) is 1.99. The molecule has 0 heterocycles. The van der Waals surface area contributed by atoms with Crippen LogP contribution in [0.15, 0.2) is 12.1 Å². The van der Waals surface area contributed by atoms with E-state index in [0.717, 1.165) is 0 Å². The molecule has 4 heteroatoms. The minimum atomic E-state index is -1.90. The van der Waals surface area contributed by atoms with Gasteiger partial charge in [-0.05, 0) is 25.5 Å². The van der Waals surface area contributed by atoms with Crippen LogP contribution in [0.1, 0.15) is 18.1 Å². The van der Waals surface area contributed by atoms with E-state index in [-0.39, 0.29) is 10.6 Å². The van der Waals surface area contributed by atoms with Crippen LogP contribution >= 0.6 is 11.6 Å². The molecular weight excluding hydrogens is 205 g/mol. The van der Waals surface area contributed by atoms with Gasteiger partial charge < -0.3 is 5.11 Å². The zero-order valence-corrected chi connectivity index (χ0v) is 8.56. The van der Waals surface area contributed by atoms with Gasteiger partial charge in [-0.1, -0.05) is 17.7 Å². The van der Waals surface area contributed by atoms with Gasteiger partial charge in [0.25, 0.3) is 0 Å². The van der Waals surface area contributed by atoms with E-state index in [2.05, 4.69) is 0 Å². The van der Waals surface area contributed by atoms with E-state index in [9.17, 15) is 9.50 Å². The first-order chi connectivity index (χ1) is 6.40. The lowest BCUT2D eigenvalue weighted by Gasteiger charge is -2.17. The summed E-state index contributed by atoms with van der Waals surface area (Å²) in [5.41, 5.74) is -1.71. The van der Waals surface area contributed by atoms with Crippen molar-refractivity contribution in [3.8, 4) is 6.07 Å². The monoisotopic (exact) mass is 213 g/mol. The number of aryl methyl sites for hydroxylation is 1. The molecule has 0 aromatic heterocycles. The predicted octanol–water partition coefficient (Wildman–Crippen LogP) is 2.52. The number of nitrogens with zero attached hydrogens (tertiary/aromatic N) is 1. The molecule has 0 aliphatic heterocycles. The van der Waals surface area contributed by atoms with Crippen LogP contribution in [0.2, 0.25) is 5.02 Å². The van der Waals surface area contributed by atoms with Gasteiger partial charge in [-0.25, -0.2) is 4.39 Å². The normalized spacial score (nSPS) is 14.6. The van der Waals surface area contributed by atoms with Gasteiger partial charge in [0.15, 0.2) is 5.60 Å². The number of hydrogen-bond donors (Lipinski definition) is 1. The third-order valence-corrected chi connectivity index (χ3v) is 2.30. The van der Waals surface area contributed by atoms with Crippen molar-refractivity contribution >= 4 is 11.6 Å². The summed E-state index contributed by atoms with van der Waals surface area (Å²) < 4.78 is 13.5. The number of nitriles is 1. The highest BCUT2D eigenvalue weighted by Crippen LogP contribution is 2.31. The molecule has 74 valence electrons. The molecule has 2 nitrogen and oxygen atoms in total. The first-order valence-corrected chi connectivity index (χ1v) is 4.36. The van der Waals surface area contributed by atoms with Crippen LogP contribution in [0.4, 0.5) is 4.39 Å². The maximum absolute atomic E-state index is 13.5. The molecule has 0 amide bonds. The summed E-state index contributed by atoms with van der Waals surface area (Å²) in [5, 5.41) is 18.3. The lowest BCUT2D eigenvalue weighted by Crippen LogP contribution is -2.21. The Balaban J connectivity index is 3.49. The number of halogens is 2. The summed E-state index contributed by atoms with van der Waals surface area (Å²) in [7, 11) is 0. The Kier molecular flexibility index (Phi) is 2.79. The van der Waals surface area contributed by atoms with Crippen molar-refractivity contribution in [1.82, 2.24) is 0 Å². The molecule has 0 aliphatic rings. The molecule has 1 unspecified atom stereocenters. The predicted molar refractivity (Wildman–Crippen MR) is 51.3 cm³/mol. The minimum Gasteiger partial charge on any atom is -0.371 e. The van der Waals surface area contributed by atoms with Crippen LogP contribution in [0.25, 0.3) is 0 Å². The Bertz CT molecular complexity index is 409. The molecule has 0 fully saturated rings. The zero-order chi connectivity index (χ0) is 10.9. The van der Waals surface area contributed by atoms with Crippen LogP contribution in [-0.2, 0) is 5.60 Å². The lowest BCUT2D eigenvalue weighted by molar-refractivity contribution is 0.115. The van der Waals surface area contributed by atoms with Crippen LogP contribution < -0.4 is 0 Å². The van der Waals surface area contributed by atoms with E-state index >= 15 is 0 Å². The highest BCUT2D eigenvalue weighted by Gasteiger charge is 2.29. The highest BCUT2D eigenvalue weighted by atomic mass is 35.5. The molecule has 0 saturated carbocycles. The first kappa shape index (κ1) is 11.0. The second-order valence-corrected chi connectivity index (χ2v) is 3.64. The third kappa shape index (κ3) is 1.72. The van der Waals surface area contributed by atoms with Gasteiger partial charge in [-0.2, -0.15) is 5.26 Å². The van der Waals surface area contributed by atoms with Gasteiger partial charge >= 0.3 is 0 Å². The van der Waals surface area contributed by atoms with Crippen molar-refractivity contribution in [2.45, 2.75) is 19.4 Å². The Hall–Kier alpha value is -1.11. The first-order valence-electron chi connectivity index (χ1n) is 3.99. The van der Waals surface area contributed by atoms with Gasteiger partial charge in [-0.3, -0.25) is 0 Å². The molecule has 1 aromatic carbocycles. The molecule has 0 bridgehead atoms. The number of rotatable bonds is 1. The van der Waals surface area contributed by atoms with Crippen molar-refractivity contribution in [3.05, 3.63) is 34.1 Å². The summed E-state index contributed by atoms with van der Waals surface area (Å²) >= 11 is 5.71. The maximum Gasteiger partial charge on any atom is 0.178 e. The fourth-order valence-corrected chi connectivity index (χ4v) is 1.49. The fraction of sp³-hybridized carbons (Fsp3) is 0.300. The summed E-state index contributed by atoms with van der Waals surface area (Å²) in [6.07, 6.45) is 0. The molecular formula is C10H9ClFNO. The zero-order valence-electron chi connectivity index (χ0n) is 7.81. The van der Waals surface area contributed by atoms with Gasteiger partial charge in [0.1, 0.15) is 11.9 Å².